The maximum atomic E-state index is 13.1. The van der Waals surface area contributed by atoms with E-state index in [0.717, 1.165) is 33.6 Å². The lowest BCUT2D eigenvalue weighted by molar-refractivity contribution is 0.470. The van der Waals surface area contributed by atoms with E-state index < -0.39 is 0 Å². The molecule has 0 saturated carbocycles. The summed E-state index contributed by atoms with van der Waals surface area (Å²) in [7, 11) is 3.75. The predicted molar refractivity (Wildman–Crippen MR) is 107 cm³/mol. The number of aromatic nitrogens is 3. The van der Waals surface area contributed by atoms with Crippen LogP contribution in [0.5, 0.6) is 0 Å². The van der Waals surface area contributed by atoms with E-state index in [9.17, 15) is 4.39 Å². The normalized spacial score (nSPS) is 11.7. The van der Waals surface area contributed by atoms with Gasteiger partial charge in [-0.1, -0.05) is 0 Å². The highest BCUT2D eigenvalue weighted by Crippen LogP contribution is 2.13. The Hall–Kier alpha value is -2.74. The van der Waals surface area contributed by atoms with Crippen molar-refractivity contribution in [1.29, 1.82) is 0 Å². The molecular weight excluding hydrogens is 363 g/mol. The Kier molecular flexibility index (Phi) is 5.85. The molecule has 1 N–H and O–H groups in total. The average molecular weight is 387 g/mol. The molecule has 0 aliphatic carbocycles. The third-order valence-corrected chi connectivity index (χ3v) is 4.99. The summed E-state index contributed by atoms with van der Waals surface area (Å²) in [5.74, 6) is 0.529. The molecule has 27 heavy (non-hydrogen) atoms. The topological polar surface area (TPSA) is 58.3 Å². The van der Waals surface area contributed by atoms with E-state index in [4.69, 9.17) is 0 Å². The molecule has 2 heterocycles. The van der Waals surface area contributed by atoms with Crippen LogP contribution in [0.25, 0.3) is 5.69 Å². The summed E-state index contributed by atoms with van der Waals surface area (Å²) in [6.45, 7) is 5.25. The summed E-state index contributed by atoms with van der Waals surface area (Å²) >= 11 is 1.65. The largest absolute Gasteiger partial charge is 0.352 e. The van der Waals surface area contributed by atoms with Crippen LogP contribution in [0.1, 0.15) is 22.0 Å². The van der Waals surface area contributed by atoms with Gasteiger partial charge in [-0.15, -0.1) is 11.3 Å². The number of hydrogen-bond donors (Lipinski definition) is 1. The SMILES string of the molecule is CN=C(NCc1cn(-c2ccc(F)cc2)nc1C)N(C)Cc1csc(C)n1. The Labute approximate surface area is 162 Å². The number of hydrogen-bond acceptors (Lipinski definition) is 4. The van der Waals surface area contributed by atoms with Crippen LogP contribution >= 0.6 is 11.3 Å². The number of aliphatic imine (C=N–C) groups is 1. The van der Waals surface area contributed by atoms with Gasteiger partial charge in [0.05, 0.1) is 28.6 Å². The predicted octanol–water partition coefficient (Wildman–Crippen LogP) is 3.29. The van der Waals surface area contributed by atoms with E-state index >= 15 is 0 Å². The second kappa shape index (κ2) is 8.30. The first-order chi connectivity index (χ1) is 13.0. The van der Waals surface area contributed by atoms with Gasteiger partial charge < -0.3 is 10.2 Å². The van der Waals surface area contributed by atoms with Crippen molar-refractivity contribution in [2.75, 3.05) is 14.1 Å². The molecule has 3 aromatic rings. The first kappa shape index (κ1) is 19.0. The number of nitrogens with zero attached hydrogens (tertiary/aromatic N) is 5. The summed E-state index contributed by atoms with van der Waals surface area (Å²) < 4.78 is 14.9. The Bertz CT molecular complexity index is 928. The lowest BCUT2D eigenvalue weighted by Crippen LogP contribution is -2.38. The van der Waals surface area contributed by atoms with Crippen LogP contribution in [-0.2, 0) is 13.1 Å². The molecule has 142 valence electrons. The molecule has 2 aromatic heterocycles. The fourth-order valence-corrected chi connectivity index (χ4v) is 3.36. The number of thiazole rings is 1. The summed E-state index contributed by atoms with van der Waals surface area (Å²) in [6.07, 6.45) is 1.95. The van der Waals surface area contributed by atoms with Gasteiger partial charge in [0.15, 0.2) is 5.96 Å². The molecule has 0 saturated heterocycles. The Balaban J connectivity index is 1.65. The molecule has 0 aliphatic rings. The molecule has 0 radical (unpaired) electrons. The fourth-order valence-electron chi connectivity index (χ4n) is 2.75. The van der Waals surface area contributed by atoms with Crippen LogP contribution in [0.15, 0.2) is 40.8 Å². The monoisotopic (exact) mass is 386 g/mol. The Morgan fingerprint density at radius 1 is 1.30 bits per heavy atom. The van der Waals surface area contributed by atoms with Gasteiger partial charge in [0.25, 0.3) is 0 Å². The molecule has 0 spiro atoms. The molecule has 1 aromatic carbocycles. The van der Waals surface area contributed by atoms with Crippen LogP contribution < -0.4 is 5.32 Å². The van der Waals surface area contributed by atoms with Crippen molar-refractivity contribution < 1.29 is 4.39 Å². The number of benzene rings is 1. The molecule has 0 bridgehead atoms. The van der Waals surface area contributed by atoms with Gasteiger partial charge in [-0.05, 0) is 38.1 Å². The molecule has 0 unspecified atom stereocenters. The molecule has 0 atom stereocenters. The quantitative estimate of drug-likeness (QED) is 0.540. The van der Waals surface area contributed by atoms with Crippen molar-refractivity contribution in [3.05, 3.63) is 63.6 Å². The van der Waals surface area contributed by atoms with Crippen LogP contribution in [0, 0.1) is 19.7 Å². The molecule has 0 fully saturated rings. The second-order valence-corrected chi connectivity index (χ2v) is 7.34. The van der Waals surface area contributed by atoms with Crippen molar-refractivity contribution >= 4 is 17.3 Å². The minimum atomic E-state index is -0.258. The molecule has 0 aliphatic heterocycles. The highest BCUT2D eigenvalue weighted by molar-refractivity contribution is 7.09. The molecule has 3 rings (SSSR count). The first-order valence-electron chi connectivity index (χ1n) is 8.60. The van der Waals surface area contributed by atoms with Crippen LogP contribution in [0.2, 0.25) is 0 Å². The summed E-state index contributed by atoms with van der Waals surface area (Å²) in [5.41, 5.74) is 3.83. The van der Waals surface area contributed by atoms with Gasteiger partial charge in [0.1, 0.15) is 5.82 Å². The van der Waals surface area contributed by atoms with Crippen molar-refractivity contribution in [3.8, 4) is 5.69 Å². The maximum Gasteiger partial charge on any atom is 0.194 e. The summed E-state index contributed by atoms with van der Waals surface area (Å²) in [6, 6.07) is 6.28. The van der Waals surface area contributed by atoms with Crippen molar-refractivity contribution in [1.82, 2.24) is 25.0 Å². The average Bonchev–Trinajstić information content (AvgIpc) is 3.22. The molecule has 8 heteroatoms. The van der Waals surface area contributed by atoms with E-state index in [0.29, 0.717) is 13.1 Å². The maximum absolute atomic E-state index is 13.1. The standard InChI is InChI=1S/C19H23FN6S/c1-13-15(10-26(24-13)18-7-5-16(20)6-8-18)9-22-19(21-3)25(4)11-17-12-27-14(2)23-17/h5-8,10,12H,9,11H2,1-4H3,(H,21,22). The summed E-state index contributed by atoms with van der Waals surface area (Å²) in [4.78, 5) is 10.9. The van der Waals surface area contributed by atoms with Crippen LogP contribution in [-0.4, -0.2) is 39.7 Å². The highest BCUT2D eigenvalue weighted by atomic mass is 32.1. The third kappa shape index (κ3) is 4.71. The Morgan fingerprint density at radius 3 is 2.67 bits per heavy atom. The van der Waals surface area contributed by atoms with Gasteiger partial charge in [0, 0.05) is 37.8 Å². The van der Waals surface area contributed by atoms with E-state index in [1.54, 1.807) is 35.2 Å². The van der Waals surface area contributed by atoms with E-state index in [1.165, 1.54) is 12.1 Å². The van der Waals surface area contributed by atoms with Gasteiger partial charge in [-0.25, -0.2) is 14.1 Å². The molecule has 6 nitrogen and oxygen atoms in total. The van der Waals surface area contributed by atoms with Crippen molar-refractivity contribution in [2.24, 2.45) is 4.99 Å². The highest BCUT2D eigenvalue weighted by Gasteiger charge is 2.11. The van der Waals surface area contributed by atoms with E-state index in [2.05, 4.69) is 25.8 Å². The Morgan fingerprint density at radius 2 is 2.04 bits per heavy atom. The number of halogens is 1. The first-order valence-corrected chi connectivity index (χ1v) is 9.48. The molecule has 0 amide bonds. The number of aryl methyl sites for hydroxylation is 2. The summed E-state index contributed by atoms with van der Waals surface area (Å²) in [5, 5.41) is 11.0. The van der Waals surface area contributed by atoms with Gasteiger partial charge in [-0.3, -0.25) is 4.99 Å². The zero-order valence-corrected chi connectivity index (χ0v) is 16.7. The number of rotatable bonds is 5. The third-order valence-electron chi connectivity index (χ3n) is 4.17. The van der Waals surface area contributed by atoms with Gasteiger partial charge in [0.2, 0.25) is 0 Å². The zero-order valence-electron chi connectivity index (χ0n) is 15.9. The number of guanidine groups is 1. The second-order valence-electron chi connectivity index (χ2n) is 6.28. The minimum Gasteiger partial charge on any atom is -0.352 e. The van der Waals surface area contributed by atoms with Crippen molar-refractivity contribution in [2.45, 2.75) is 26.9 Å². The fraction of sp³-hybridized carbons (Fsp3) is 0.316. The molecular formula is C19H23FN6S. The van der Waals surface area contributed by atoms with Gasteiger partial charge in [-0.2, -0.15) is 5.10 Å². The number of nitrogens with one attached hydrogen (secondary N) is 1. The van der Waals surface area contributed by atoms with E-state index in [1.807, 2.05) is 32.0 Å². The van der Waals surface area contributed by atoms with Gasteiger partial charge >= 0.3 is 0 Å². The zero-order chi connectivity index (χ0) is 19.4. The minimum absolute atomic E-state index is 0.258. The smallest absolute Gasteiger partial charge is 0.194 e. The van der Waals surface area contributed by atoms with E-state index in [-0.39, 0.29) is 5.82 Å². The lowest BCUT2D eigenvalue weighted by atomic mass is 10.2. The van der Waals surface area contributed by atoms with Crippen molar-refractivity contribution in [3.63, 3.8) is 0 Å². The van der Waals surface area contributed by atoms with Crippen LogP contribution in [0.3, 0.4) is 0 Å². The van der Waals surface area contributed by atoms with Crippen LogP contribution in [0.4, 0.5) is 4.39 Å². The lowest BCUT2D eigenvalue weighted by Gasteiger charge is -2.21.